The molecular weight excluding hydrogens is 659 g/mol. The van der Waals surface area contributed by atoms with Crippen molar-refractivity contribution in [1.29, 1.82) is 0 Å². The summed E-state index contributed by atoms with van der Waals surface area (Å²) in [6, 6.07) is 7.60. The number of pyridine rings is 1. The van der Waals surface area contributed by atoms with E-state index in [9.17, 15) is 14.3 Å². The number of hydrogen-bond donors (Lipinski definition) is 1. The Morgan fingerprint density at radius 3 is 2.78 bits per heavy atom. The number of nitrogens with zero attached hydrogens (tertiary/aromatic N) is 7. The van der Waals surface area contributed by atoms with E-state index < -0.39 is 23.3 Å². The summed E-state index contributed by atoms with van der Waals surface area (Å²) in [5.41, 5.74) is 0.832. The van der Waals surface area contributed by atoms with Crippen molar-refractivity contribution in [2.75, 3.05) is 37.7 Å². The number of alkyl halides is 1. The van der Waals surface area contributed by atoms with Gasteiger partial charge in [-0.3, -0.25) is 14.7 Å². The number of piperidine rings is 1. The molecule has 5 atom stereocenters. The molecule has 10 nitrogen and oxygen atoms in total. The SMILES string of the molecule is CCc1c(F)ccc2cc(O)cc(-c3ncc4c(N5CCC6C(C5)C6C(=O)n5ccc(C)n5)nc(OC[C@@]56CCCN5C[C@H](F)C6)nc4c3F)c12. The van der Waals surface area contributed by atoms with Crippen LogP contribution in [0.5, 0.6) is 11.8 Å². The maximum atomic E-state index is 17.0. The third kappa shape index (κ3) is 5.22. The Balaban J connectivity index is 1.13. The Hall–Kier alpha value is -4.78. The Morgan fingerprint density at radius 2 is 1.98 bits per heavy atom. The van der Waals surface area contributed by atoms with Crippen molar-refractivity contribution in [3.8, 4) is 23.0 Å². The minimum absolute atomic E-state index is 0.0286. The van der Waals surface area contributed by atoms with E-state index in [2.05, 4.69) is 20.0 Å². The van der Waals surface area contributed by atoms with E-state index in [0.717, 1.165) is 31.5 Å². The van der Waals surface area contributed by atoms with Gasteiger partial charge in [0.2, 0.25) is 0 Å². The van der Waals surface area contributed by atoms with Gasteiger partial charge in [-0.25, -0.2) is 17.9 Å². The van der Waals surface area contributed by atoms with E-state index in [0.29, 0.717) is 60.0 Å². The number of phenolic OH excluding ortho intramolecular Hbond substituents is 1. The van der Waals surface area contributed by atoms with Gasteiger partial charge in [0.1, 0.15) is 41.4 Å². The van der Waals surface area contributed by atoms with Crippen LogP contribution in [0.15, 0.2) is 42.7 Å². The van der Waals surface area contributed by atoms with E-state index in [4.69, 9.17) is 9.72 Å². The molecule has 4 aliphatic rings. The molecule has 6 heterocycles. The molecule has 4 fully saturated rings. The first kappa shape index (κ1) is 32.1. The summed E-state index contributed by atoms with van der Waals surface area (Å²) in [6.07, 6.45) is 5.45. The molecule has 1 N–H and O–H groups in total. The number of benzene rings is 2. The highest BCUT2D eigenvalue weighted by Gasteiger charge is 2.57. The standard InChI is InChI=1S/C38H38F3N7O3/c1-3-24-29(40)6-5-21-13-23(49)14-26(30(21)24)33-32(41)34-27(16-42-33)35(44-37(43-34)51-19-38-9-4-10-47(38)17-22(39)15-38)46-11-8-25-28(18-46)31(25)36(50)48-12-7-20(2)45-48/h5-7,12-14,16,22,25,28,31,49H,3-4,8-11,15,17-19H2,1-2H3/t22-,25?,28?,31?,38+/m1/s1. The Labute approximate surface area is 292 Å². The number of rotatable bonds is 7. The van der Waals surface area contributed by atoms with Crippen LogP contribution in [-0.4, -0.2) is 85.1 Å². The van der Waals surface area contributed by atoms with Gasteiger partial charge in [-0.05, 0) is 91.6 Å². The number of ether oxygens (including phenoxy) is 1. The number of phenols is 1. The van der Waals surface area contributed by atoms with Gasteiger partial charge in [-0.15, -0.1) is 0 Å². The van der Waals surface area contributed by atoms with Crippen LogP contribution in [0.3, 0.4) is 0 Å². The van der Waals surface area contributed by atoms with Gasteiger partial charge < -0.3 is 14.7 Å². The maximum Gasteiger partial charge on any atom is 0.319 e. The fourth-order valence-electron chi connectivity index (χ4n) is 9.18. The topological polar surface area (TPSA) is 110 Å². The molecule has 3 saturated heterocycles. The van der Waals surface area contributed by atoms with Gasteiger partial charge in [-0.1, -0.05) is 13.0 Å². The summed E-state index contributed by atoms with van der Waals surface area (Å²) in [4.78, 5) is 31.5. The molecule has 5 aromatic rings. The molecule has 0 spiro atoms. The second kappa shape index (κ2) is 11.9. The first-order valence-electron chi connectivity index (χ1n) is 17.8. The highest BCUT2D eigenvalue weighted by Crippen LogP contribution is 2.53. The monoisotopic (exact) mass is 697 g/mol. The summed E-state index contributed by atoms with van der Waals surface area (Å²) in [5.74, 6) is -0.750. The normalized spacial score (nSPS) is 25.8. The zero-order valence-electron chi connectivity index (χ0n) is 28.5. The number of carbonyl (C=O) groups is 1. The number of carbonyl (C=O) groups excluding carboxylic acids is 1. The van der Waals surface area contributed by atoms with Crippen molar-refractivity contribution in [2.45, 2.75) is 57.7 Å². The predicted octanol–water partition coefficient (Wildman–Crippen LogP) is 6.26. The van der Waals surface area contributed by atoms with Gasteiger partial charge in [-0.2, -0.15) is 15.1 Å². The molecule has 1 saturated carbocycles. The van der Waals surface area contributed by atoms with Crippen molar-refractivity contribution >= 4 is 33.4 Å². The van der Waals surface area contributed by atoms with E-state index in [1.807, 2.05) is 24.8 Å². The van der Waals surface area contributed by atoms with Gasteiger partial charge in [0, 0.05) is 49.9 Å². The fraction of sp³-hybridized carbons (Fsp3) is 0.447. The molecule has 1 aliphatic carbocycles. The minimum atomic E-state index is -0.941. The van der Waals surface area contributed by atoms with E-state index in [-0.39, 0.29) is 58.8 Å². The molecule has 13 heteroatoms. The molecule has 9 rings (SSSR count). The fourth-order valence-corrected chi connectivity index (χ4v) is 9.18. The zero-order chi connectivity index (χ0) is 35.2. The van der Waals surface area contributed by atoms with Crippen LogP contribution in [0.4, 0.5) is 19.0 Å². The number of aryl methyl sites for hydroxylation is 2. The Morgan fingerprint density at radius 1 is 1.12 bits per heavy atom. The Kier molecular flexibility index (Phi) is 7.50. The molecular formula is C38H38F3N7O3. The van der Waals surface area contributed by atoms with Crippen molar-refractivity contribution in [3.63, 3.8) is 0 Å². The lowest BCUT2D eigenvalue weighted by Crippen LogP contribution is -2.43. The van der Waals surface area contributed by atoms with Crippen molar-refractivity contribution in [3.05, 3.63) is 65.6 Å². The quantitative estimate of drug-likeness (QED) is 0.211. The third-order valence-electron chi connectivity index (χ3n) is 11.7. The molecule has 0 radical (unpaired) electrons. The van der Waals surface area contributed by atoms with E-state index in [1.165, 1.54) is 29.1 Å². The van der Waals surface area contributed by atoms with Gasteiger partial charge >= 0.3 is 6.01 Å². The largest absolute Gasteiger partial charge is 0.508 e. The Bertz CT molecular complexity index is 2230. The van der Waals surface area contributed by atoms with Gasteiger partial charge in [0.25, 0.3) is 5.91 Å². The highest BCUT2D eigenvalue weighted by atomic mass is 19.1. The molecule has 0 bridgehead atoms. The summed E-state index contributed by atoms with van der Waals surface area (Å²) in [6.45, 7) is 6.09. The van der Waals surface area contributed by atoms with Crippen LogP contribution >= 0.6 is 0 Å². The van der Waals surface area contributed by atoms with Crippen LogP contribution < -0.4 is 9.64 Å². The number of fused-ring (bicyclic) bond motifs is 4. The van der Waals surface area contributed by atoms with Gasteiger partial charge in [0.15, 0.2) is 5.82 Å². The molecule has 3 unspecified atom stereocenters. The average molecular weight is 698 g/mol. The molecule has 3 aliphatic heterocycles. The lowest BCUT2D eigenvalue weighted by Gasteiger charge is -2.31. The van der Waals surface area contributed by atoms with E-state index >= 15 is 8.78 Å². The number of halogens is 3. The second-order valence-electron chi connectivity index (χ2n) is 14.7. The molecule has 264 valence electrons. The zero-order valence-corrected chi connectivity index (χ0v) is 28.5. The van der Waals surface area contributed by atoms with Crippen LogP contribution in [0.25, 0.3) is 32.9 Å². The molecule has 51 heavy (non-hydrogen) atoms. The highest BCUT2D eigenvalue weighted by molar-refractivity contribution is 6.01. The predicted molar refractivity (Wildman–Crippen MR) is 185 cm³/mol. The van der Waals surface area contributed by atoms with Crippen molar-refractivity contribution < 1.29 is 27.8 Å². The molecule has 2 aromatic carbocycles. The molecule has 0 amide bonds. The van der Waals surface area contributed by atoms with E-state index in [1.54, 1.807) is 12.3 Å². The summed E-state index contributed by atoms with van der Waals surface area (Å²) >= 11 is 0. The van der Waals surface area contributed by atoms with Crippen LogP contribution in [0.2, 0.25) is 0 Å². The van der Waals surface area contributed by atoms with Crippen LogP contribution in [0, 0.1) is 36.3 Å². The second-order valence-corrected chi connectivity index (χ2v) is 14.7. The first-order chi connectivity index (χ1) is 24.6. The first-order valence-corrected chi connectivity index (χ1v) is 17.8. The average Bonchev–Trinajstić information content (AvgIpc) is 3.30. The lowest BCUT2D eigenvalue weighted by atomic mass is 9.94. The van der Waals surface area contributed by atoms with Crippen molar-refractivity contribution in [1.82, 2.24) is 29.6 Å². The van der Waals surface area contributed by atoms with Crippen LogP contribution in [-0.2, 0) is 6.42 Å². The lowest BCUT2D eigenvalue weighted by molar-refractivity contribution is 0.0857. The number of aromatic hydroxyl groups is 1. The number of anilines is 1. The maximum absolute atomic E-state index is 17.0. The molecule has 3 aromatic heterocycles. The number of aromatic nitrogens is 5. The minimum Gasteiger partial charge on any atom is -0.508 e. The summed E-state index contributed by atoms with van der Waals surface area (Å²) < 4.78 is 54.4. The van der Waals surface area contributed by atoms with Gasteiger partial charge in [0.05, 0.1) is 16.6 Å². The number of hydrogen-bond acceptors (Lipinski definition) is 9. The summed E-state index contributed by atoms with van der Waals surface area (Å²) in [7, 11) is 0. The third-order valence-corrected chi connectivity index (χ3v) is 11.7. The van der Waals surface area contributed by atoms with Crippen molar-refractivity contribution in [2.24, 2.45) is 17.8 Å². The van der Waals surface area contributed by atoms with Crippen LogP contribution in [0.1, 0.15) is 48.7 Å². The smallest absolute Gasteiger partial charge is 0.319 e. The summed E-state index contributed by atoms with van der Waals surface area (Å²) in [5, 5.41) is 16.4.